The summed E-state index contributed by atoms with van der Waals surface area (Å²) in [6.45, 7) is 3.21. The number of nitrogens with one attached hydrogen (secondary N) is 1. The number of rotatable bonds is 16. The number of unbranched alkanes of at least 4 members (excludes halogenated alkanes) is 4. The number of aliphatic carboxylic acids is 1. The molecule has 5 rings (SSSR count). The van der Waals surface area contributed by atoms with E-state index in [0.29, 0.717) is 5.82 Å². The molecule has 1 fully saturated rings. The number of carbonyl (C=O) groups excluding carboxylic acids is 2. The van der Waals surface area contributed by atoms with Crippen LogP contribution in [0.15, 0.2) is 91.3 Å². The van der Waals surface area contributed by atoms with E-state index < -0.39 is 24.0 Å². The summed E-state index contributed by atoms with van der Waals surface area (Å²) in [5.41, 5.74) is 4.31. The van der Waals surface area contributed by atoms with E-state index in [1.807, 2.05) is 78.9 Å². The second-order valence-corrected chi connectivity index (χ2v) is 12.0. The van der Waals surface area contributed by atoms with Crippen molar-refractivity contribution in [2.45, 2.75) is 58.1 Å². The van der Waals surface area contributed by atoms with Crippen molar-refractivity contribution >= 4 is 18.0 Å². The summed E-state index contributed by atoms with van der Waals surface area (Å²) in [4.78, 5) is 47.8. The minimum Gasteiger partial charge on any atom is -0.494 e. The SMILES string of the molecule is CCCCCCCOc1ccc(-c2cnc(-c3ccc(CC(NC(=O)OCc4ccccc4)C(=O)N4CC(C(=O)O)C4)cc3)nc2)cc1. The summed E-state index contributed by atoms with van der Waals surface area (Å²) in [6.07, 6.45) is 9.06. The van der Waals surface area contributed by atoms with Gasteiger partial charge in [0, 0.05) is 43.0 Å². The molecule has 1 aromatic heterocycles. The van der Waals surface area contributed by atoms with E-state index in [4.69, 9.17) is 9.47 Å². The number of ether oxygens (including phenoxy) is 2. The average Bonchev–Trinajstić information content (AvgIpc) is 3.09. The number of hydrogen-bond donors (Lipinski definition) is 2. The van der Waals surface area contributed by atoms with Crippen LogP contribution in [-0.2, 0) is 27.4 Å². The first kappa shape index (κ1) is 34.1. The minimum absolute atomic E-state index is 0.0604. The van der Waals surface area contributed by atoms with Crippen LogP contribution in [0.1, 0.15) is 50.2 Å². The van der Waals surface area contributed by atoms with Crippen molar-refractivity contribution in [1.82, 2.24) is 20.2 Å². The van der Waals surface area contributed by atoms with Crippen LogP contribution >= 0.6 is 0 Å². The van der Waals surface area contributed by atoms with Crippen LogP contribution in [0, 0.1) is 5.92 Å². The fourth-order valence-corrected chi connectivity index (χ4v) is 5.43. The number of nitrogens with zero attached hydrogens (tertiary/aromatic N) is 3. The second-order valence-electron chi connectivity index (χ2n) is 12.0. The van der Waals surface area contributed by atoms with Crippen LogP contribution in [0.25, 0.3) is 22.5 Å². The number of carboxylic acid groups (broad SMARTS) is 1. The van der Waals surface area contributed by atoms with Crippen molar-refractivity contribution in [2.75, 3.05) is 19.7 Å². The van der Waals surface area contributed by atoms with Crippen molar-refractivity contribution in [1.29, 1.82) is 0 Å². The molecule has 1 unspecified atom stereocenters. The van der Waals surface area contributed by atoms with Gasteiger partial charge in [0.15, 0.2) is 5.82 Å². The maximum Gasteiger partial charge on any atom is 0.408 e. The van der Waals surface area contributed by atoms with Crippen LogP contribution in [0.4, 0.5) is 4.79 Å². The Morgan fingerprint density at radius 2 is 1.50 bits per heavy atom. The molecule has 2 amide bonds. The van der Waals surface area contributed by atoms with Gasteiger partial charge >= 0.3 is 12.1 Å². The van der Waals surface area contributed by atoms with Gasteiger partial charge in [-0.15, -0.1) is 0 Å². The zero-order chi connectivity index (χ0) is 33.7. The van der Waals surface area contributed by atoms with Gasteiger partial charge in [-0.2, -0.15) is 0 Å². The topological polar surface area (TPSA) is 131 Å². The number of aromatic nitrogens is 2. The third-order valence-electron chi connectivity index (χ3n) is 8.35. The number of likely N-dealkylation sites (tertiary alicyclic amines) is 1. The maximum atomic E-state index is 13.3. The highest BCUT2D eigenvalue weighted by Crippen LogP contribution is 2.24. The Morgan fingerprint density at radius 3 is 2.17 bits per heavy atom. The molecule has 4 aromatic rings. The Kier molecular flexibility index (Phi) is 12.1. The fraction of sp³-hybridized carbons (Fsp3) is 0.342. The lowest BCUT2D eigenvalue weighted by Crippen LogP contribution is -2.59. The Morgan fingerprint density at radius 1 is 0.833 bits per heavy atom. The molecule has 3 aromatic carbocycles. The van der Waals surface area contributed by atoms with Gasteiger partial charge in [0.1, 0.15) is 18.4 Å². The van der Waals surface area contributed by atoms with Gasteiger partial charge in [-0.05, 0) is 35.2 Å². The van der Waals surface area contributed by atoms with Crippen molar-refractivity contribution in [3.63, 3.8) is 0 Å². The largest absolute Gasteiger partial charge is 0.494 e. The maximum absolute atomic E-state index is 13.3. The first-order valence-corrected chi connectivity index (χ1v) is 16.5. The van der Waals surface area contributed by atoms with Crippen LogP contribution in [-0.4, -0.2) is 63.7 Å². The third kappa shape index (κ3) is 9.63. The van der Waals surface area contributed by atoms with Gasteiger partial charge in [0.05, 0.1) is 12.5 Å². The predicted octanol–water partition coefficient (Wildman–Crippen LogP) is 6.54. The monoisotopic (exact) mass is 650 g/mol. The van der Waals surface area contributed by atoms with Crippen molar-refractivity contribution in [3.8, 4) is 28.3 Å². The Balaban J connectivity index is 1.17. The summed E-state index contributed by atoms with van der Waals surface area (Å²) < 4.78 is 11.2. The highest BCUT2D eigenvalue weighted by atomic mass is 16.5. The molecule has 48 heavy (non-hydrogen) atoms. The summed E-state index contributed by atoms with van der Waals surface area (Å²) in [5, 5.41) is 11.9. The number of benzene rings is 3. The van der Waals surface area contributed by atoms with E-state index in [9.17, 15) is 19.5 Å². The molecule has 10 nitrogen and oxygen atoms in total. The summed E-state index contributed by atoms with van der Waals surface area (Å²) in [5.74, 6) is -0.487. The molecule has 1 atom stereocenters. The van der Waals surface area contributed by atoms with Crippen LogP contribution < -0.4 is 10.1 Å². The average molecular weight is 651 g/mol. The lowest BCUT2D eigenvalue weighted by Gasteiger charge is -2.38. The third-order valence-corrected chi connectivity index (χ3v) is 8.35. The van der Waals surface area contributed by atoms with Crippen LogP contribution in [0.3, 0.4) is 0 Å². The highest BCUT2D eigenvalue weighted by molar-refractivity contribution is 5.88. The van der Waals surface area contributed by atoms with Gasteiger partial charge in [0.2, 0.25) is 5.91 Å². The molecule has 1 saturated heterocycles. The Hall–Kier alpha value is -5.25. The minimum atomic E-state index is -0.942. The Bertz CT molecular complexity index is 1620. The molecular formula is C38H42N4O6. The molecule has 10 heteroatoms. The van der Waals surface area contributed by atoms with Gasteiger partial charge in [0.25, 0.3) is 0 Å². The molecule has 0 radical (unpaired) electrons. The lowest BCUT2D eigenvalue weighted by atomic mass is 9.97. The predicted molar refractivity (Wildman–Crippen MR) is 182 cm³/mol. The van der Waals surface area contributed by atoms with E-state index >= 15 is 0 Å². The summed E-state index contributed by atoms with van der Waals surface area (Å²) in [7, 11) is 0. The molecule has 0 spiro atoms. The smallest absolute Gasteiger partial charge is 0.408 e. The quantitative estimate of drug-likeness (QED) is 0.131. The summed E-state index contributed by atoms with van der Waals surface area (Å²) >= 11 is 0. The van der Waals surface area contributed by atoms with Crippen LogP contribution in [0.2, 0.25) is 0 Å². The van der Waals surface area contributed by atoms with E-state index in [2.05, 4.69) is 22.2 Å². The van der Waals surface area contributed by atoms with E-state index in [1.165, 1.54) is 30.6 Å². The molecule has 2 heterocycles. The van der Waals surface area contributed by atoms with Gasteiger partial charge in [-0.1, -0.05) is 99.3 Å². The molecule has 1 aliphatic rings. The van der Waals surface area contributed by atoms with Crippen LogP contribution in [0.5, 0.6) is 5.75 Å². The number of alkyl carbamates (subject to hydrolysis) is 1. The molecule has 2 N–H and O–H groups in total. The molecule has 1 aliphatic heterocycles. The summed E-state index contributed by atoms with van der Waals surface area (Å²) in [6, 6.07) is 23.7. The highest BCUT2D eigenvalue weighted by Gasteiger charge is 2.39. The van der Waals surface area contributed by atoms with Crippen molar-refractivity contribution < 1.29 is 29.0 Å². The number of carbonyl (C=O) groups is 3. The molecule has 0 saturated carbocycles. The van der Waals surface area contributed by atoms with Crippen molar-refractivity contribution in [2.24, 2.45) is 5.92 Å². The number of carboxylic acids is 1. The van der Waals surface area contributed by atoms with Gasteiger partial charge < -0.3 is 24.8 Å². The molecule has 0 bridgehead atoms. The standard InChI is InChI=1S/C38H42N4O6/c1-2-3-4-5-9-20-47-33-18-16-29(17-19-33)31-22-39-35(40-23-31)30-14-12-27(13-15-30)21-34(36(43)42-24-32(25-42)37(44)45)41-38(46)48-26-28-10-7-6-8-11-28/h6-8,10-19,22-23,32,34H,2-5,9,20-21,24-26H2,1H3,(H,41,46)(H,44,45). The first-order valence-electron chi connectivity index (χ1n) is 16.5. The Labute approximate surface area is 281 Å². The normalized spacial score (nSPS) is 13.3. The van der Waals surface area contributed by atoms with E-state index in [-0.39, 0.29) is 32.0 Å². The zero-order valence-electron chi connectivity index (χ0n) is 27.2. The zero-order valence-corrected chi connectivity index (χ0v) is 27.2. The fourth-order valence-electron chi connectivity index (χ4n) is 5.43. The number of hydrogen-bond acceptors (Lipinski definition) is 7. The van der Waals surface area contributed by atoms with E-state index in [0.717, 1.165) is 46.6 Å². The van der Waals surface area contributed by atoms with Crippen molar-refractivity contribution in [3.05, 3.63) is 102 Å². The molecule has 0 aliphatic carbocycles. The lowest BCUT2D eigenvalue weighted by molar-refractivity contribution is -0.153. The number of amides is 2. The molecule has 250 valence electrons. The van der Waals surface area contributed by atoms with Gasteiger partial charge in [-0.3, -0.25) is 9.59 Å². The second kappa shape index (κ2) is 17.1. The van der Waals surface area contributed by atoms with Gasteiger partial charge in [-0.25, -0.2) is 14.8 Å². The molecular weight excluding hydrogens is 608 g/mol. The van der Waals surface area contributed by atoms with E-state index in [1.54, 1.807) is 12.4 Å². The first-order chi connectivity index (χ1) is 23.4.